The van der Waals surface area contributed by atoms with Crippen LogP contribution in [0.25, 0.3) is 10.2 Å². The molecule has 4 rings (SSSR count). The number of ketones is 1. The van der Waals surface area contributed by atoms with E-state index in [2.05, 4.69) is 11.9 Å². The van der Waals surface area contributed by atoms with Crippen LogP contribution in [0.4, 0.5) is 0 Å². The number of aryl methyl sites for hydroxylation is 3. The highest BCUT2D eigenvalue weighted by atomic mass is 32.1. The first-order valence-corrected chi connectivity index (χ1v) is 9.86. The van der Waals surface area contributed by atoms with Crippen molar-refractivity contribution in [3.8, 4) is 0 Å². The van der Waals surface area contributed by atoms with Gasteiger partial charge in [-0.1, -0.05) is 19.1 Å². The van der Waals surface area contributed by atoms with Gasteiger partial charge < -0.3 is 0 Å². The van der Waals surface area contributed by atoms with Crippen LogP contribution in [0.3, 0.4) is 0 Å². The van der Waals surface area contributed by atoms with Gasteiger partial charge in [0.15, 0.2) is 5.78 Å². The summed E-state index contributed by atoms with van der Waals surface area (Å²) in [5.74, 6) is 0.596. The molecule has 134 valence electrons. The van der Waals surface area contributed by atoms with E-state index in [9.17, 15) is 9.59 Å². The maximum Gasteiger partial charge on any atom is 0.262 e. The zero-order valence-electron chi connectivity index (χ0n) is 15.3. The smallest absolute Gasteiger partial charge is 0.262 e. The lowest BCUT2D eigenvalue weighted by atomic mass is 9.89. The summed E-state index contributed by atoms with van der Waals surface area (Å²) in [6, 6.07) is 5.67. The van der Waals surface area contributed by atoms with Crippen LogP contribution < -0.4 is 5.56 Å². The first-order valence-electron chi connectivity index (χ1n) is 9.04. The molecule has 0 N–H and O–H groups in total. The fourth-order valence-corrected chi connectivity index (χ4v) is 4.98. The molecule has 0 aliphatic heterocycles. The molecule has 0 saturated heterocycles. The van der Waals surface area contributed by atoms with Gasteiger partial charge in [-0.15, -0.1) is 11.3 Å². The van der Waals surface area contributed by atoms with Crippen LogP contribution in [-0.2, 0) is 19.4 Å². The summed E-state index contributed by atoms with van der Waals surface area (Å²) in [7, 11) is 0. The first kappa shape index (κ1) is 17.2. The Hall–Kier alpha value is -2.27. The highest BCUT2D eigenvalue weighted by molar-refractivity contribution is 7.18. The number of carbonyl (C=O) groups excluding carboxylic acids is 1. The second kappa shape index (κ2) is 6.47. The van der Waals surface area contributed by atoms with Crippen molar-refractivity contribution in [3.05, 3.63) is 62.0 Å². The van der Waals surface area contributed by atoms with Crippen molar-refractivity contribution in [2.24, 2.45) is 5.92 Å². The summed E-state index contributed by atoms with van der Waals surface area (Å²) in [5, 5.41) is 0.729. The summed E-state index contributed by atoms with van der Waals surface area (Å²) in [6.45, 7) is 6.30. The molecule has 0 bridgehead atoms. The predicted octanol–water partition coefficient (Wildman–Crippen LogP) is 4.08. The lowest BCUT2D eigenvalue weighted by Gasteiger charge is -2.17. The van der Waals surface area contributed by atoms with E-state index in [-0.39, 0.29) is 17.9 Å². The summed E-state index contributed by atoms with van der Waals surface area (Å²) in [6.07, 6.45) is 4.59. The SMILES string of the molecule is Cc1ccc(C(=O)Cn2cnc3sc4c(c3c2=O)CCC(C)C4)cc1C. The van der Waals surface area contributed by atoms with E-state index in [1.54, 1.807) is 11.3 Å². The van der Waals surface area contributed by atoms with E-state index >= 15 is 0 Å². The monoisotopic (exact) mass is 366 g/mol. The Morgan fingerprint density at radius 2 is 2.12 bits per heavy atom. The van der Waals surface area contributed by atoms with E-state index in [1.807, 2.05) is 32.0 Å². The van der Waals surface area contributed by atoms with Gasteiger partial charge >= 0.3 is 0 Å². The van der Waals surface area contributed by atoms with Gasteiger partial charge in [0.2, 0.25) is 0 Å². The van der Waals surface area contributed by atoms with E-state index in [0.29, 0.717) is 11.5 Å². The number of Topliss-reactive ketones (excluding diaryl/α,β-unsaturated/α-hetero) is 1. The fourth-order valence-electron chi connectivity index (χ4n) is 3.64. The lowest BCUT2D eigenvalue weighted by Crippen LogP contribution is -2.25. The van der Waals surface area contributed by atoms with Gasteiger partial charge in [0.25, 0.3) is 5.56 Å². The molecule has 1 atom stereocenters. The van der Waals surface area contributed by atoms with Gasteiger partial charge in [-0.2, -0.15) is 0 Å². The average Bonchev–Trinajstić information content (AvgIpc) is 2.97. The van der Waals surface area contributed by atoms with Crippen LogP contribution in [0.2, 0.25) is 0 Å². The van der Waals surface area contributed by atoms with Crippen LogP contribution in [0, 0.1) is 19.8 Å². The largest absolute Gasteiger partial charge is 0.292 e. The van der Waals surface area contributed by atoms with Crippen LogP contribution in [0.5, 0.6) is 0 Å². The summed E-state index contributed by atoms with van der Waals surface area (Å²) >= 11 is 1.64. The summed E-state index contributed by atoms with van der Waals surface area (Å²) in [5.41, 5.74) is 3.95. The van der Waals surface area contributed by atoms with E-state index in [1.165, 1.54) is 15.8 Å². The van der Waals surface area contributed by atoms with Crippen molar-refractivity contribution in [1.29, 1.82) is 0 Å². The lowest BCUT2D eigenvalue weighted by molar-refractivity contribution is 0.0970. The van der Waals surface area contributed by atoms with E-state index in [4.69, 9.17) is 0 Å². The first-order chi connectivity index (χ1) is 12.4. The Morgan fingerprint density at radius 3 is 2.88 bits per heavy atom. The summed E-state index contributed by atoms with van der Waals surface area (Å²) in [4.78, 5) is 32.2. The molecule has 0 radical (unpaired) electrons. The van der Waals surface area contributed by atoms with Gasteiger partial charge in [-0.3, -0.25) is 14.2 Å². The molecule has 1 unspecified atom stereocenters. The van der Waals surface area contributed by atoms with Crippen molar-refractivity contribution in [3.63, 3.8) is 0 Å². The van der Waals surface area contributed by atoms with Crippen molar-refractivity contribution < 1.29 is 4.79 Å². The number of hydrogen-bond donors (Lipinski definition) is 0. The molecule has 0 spiro atoms. The minimum atomic E-state index is -0.0840. The molecule has 0 fully saturated rings. The zero-order valence-corrected chi connectivity index (χ0v) is 16.2. The van der Waals surface area contributed by atoms with Crippen molar-refractivity contribution in [2.45, 2.75) is 46.6 Å². The molecule has 0 saturated carbocycles. The van der Waals surface area contributed by atoms with Crippen molar-refractivity contribution in [2.75, 3.05) is 0 Å². The molecule has 2 aromatic heterocycles. The van der Waals surface area contributed by atoms with E-state index in [0.717, 1.165) is 46.2 Å². The third kappa shape index (κ3) is 2.90. The molecule has 3 aromatic rings. The molecule has 1 aromatic carbocycles. The normalized spacial score (nSPS) is 16.7. The Labute approximate surface area is 156 Å². The van der Waals surface area contributed by atoms with Crippen LogP contribution >= 0.6 is 11.3 Å². The number of hydrogen-bond acceptors (Lipinski definition) is 4. The number of carbonyl (C=O) groups is 1. The minimum absolute atomic E-state index is 0.0330. The van der Waals surface area contributed by atoms with Gasteiger partial charge in [0, 0.05) is 10.4 Å². The average molecular weight is 366 g/mol. The quantitative estimate of drug-likeness (QED) is 0.656. The Kier molecular flexibility index (Phi) is 4.27. The standard InChI is InChI=1S/C21H22N2O2S/c1-12-4-7-16-18(8-12)26-20-19(16)21(25)23(11-22-20)10-17(24)15-6-5-13(2)14(3)9-15/h5-6,9,11-12H,4,7-8,10H2,1-3H3. The fraction of sp³-hybridized carbons (Fsp3) is 0.381. The number of aromatic nitrogens is 2. The maximum absolute atomic E-state index is 13.0. The molecular formula is C21H22N2O2S. The van der Waals surface area contributed by atoms with Crippen LogP contribution in [0.1, 0.15) is 45.3 Å². The second-order valence-electron chi connectivity index (χ2n) is 7.43. The highest BCUT2D eigenvalue weighted by Crippen LogP contribution is 2.35. The molecule has 5 heteroatoms. The molecule has 2 heterocycles. The number of thiophene rings is 1. The number of nitrogens with zero attached hydrogens (tertiary/aromatic N) is 2. The van der Waals surface area contributed by atoms with Crippen LogP contribution in [-0.4, -0.2) is 15.3 Å². The Bertz CT molecular complexity index is 1080. The maximum atomic E-state index is 13.0. The zero-order chi connectivity index (χ0) is 18.4. The molecular weight excluding hydrogens is 344 g/mol. The predicted molar refractivity (Wildman–Crippen MR) is 105 cm³/mol. The van der Waals surface area contributed by atoms with Crippen LogP contribution in [0.15, 0.2) is 29.3 Å². The Morgan fingerprint density at radius 1 is 1.31 bits per heavy atom. The minimum Gasteiger partial charge on any atom is -0.292 e. The topological polar surface area (TPSA) is 52.0 Å². The van der Waals surface area contributed by atoms with Gasteiger partial charge in [0.05, 0.1) is 18.3 Å². The van der Waals surface area contributed by atoms with Gasteiger partial charge in [0.1, 0.15) is 4.83 Å². The van der Waals surface area contributed by atoms with Crippen molar-refractivity contribution >= 4 is 27.3 Å². The van der Waals surface area contributed by atoms with Gasteiger partial charge in [-0.05, 0) is 61.8 Å². The third-order valence-electron chi connectivity index (χ3n) is 5.43. The molecule has 26 heavy (non-hydrogen) atoms. The number of rotatable bonds is 3. The molecule has 1 aliphatic carbocycles. The molecule has 1 aliphatic rings. The number of benzene rings is 1. The second-order valence-corrected chi connectivity index (χ2v) is 8.52. The van der Waals surface area contributed by atoms with Gasteiger partial charge in [-0.25, -0.2) is 4.98 Å². The molecule has 4 nitrogen and oxygen atoms in total. The molecule has 0 amide bonds. The number of fused-ring (bicyclic) bond motifs is 3. The Balaban J connectivity index is 1.71. The van der Waals surface area contributed by atoms with Crippen molar-refractivity contribution in [1.82, 2.24) is 9.55 Å². The van der Waals surface area contributed by atoms with E-state index < -0.39 is 0 Å². The highest BCUT2D eigenvalue weighted by Gasteiger charge is 2.23. The third-order valence-corrected chi connectivity index (χ3v) is 6.59. The summed E-state index contributed by atoms with van der Waals surface area (Å²) < 4.78 is 1.46.